The topological polar surface area (TPSA) is 97.4 Å². The van der Waals surface area contributed by atoms with E-state index >= 15 is 4.57 Å². The lowest BCUT2D eigenvalue weighted by atomic mass is 10.0. The summed E-state index contributed by atoms with van der Waals surface area (Å²) in [6, 6.07) is 49.2. The second-order valence-corrected chi connectivity index (χ2v) is 18.3. The first-order valence-electron chi connectivity index (χ1n) is 22.6. The van der Waals surface area contributed by atoms with E-state index in [0.29, 0.717) is 35.4 Å². The average molecular weight is 885 g/mol. The Kier molecular flexibility index (Phi) is 14.6. The number of esters is 2. The van der Waals surface area contributed by atoms with Crippen LogP contribution in [0.3, 0.4) is 0 Å². The van der Waals surface area contributed by atoms with E-state index in [4.69, 9.17) is 23.5 Å². The van der Waals surface area contributed by atoms with Gasteiger partial charge < -0.3 is 23.5 Å². The number of rotatable bonds is 19. The fraction of sp³-hybridized carbons (Fsp3) is 0.214. The van der Waals surface area contributed by atoms with Crippen molar-refractivity contribution in [1.82, 2.24) is 0 Å². The largest absolute Gasteiger partial charge is 0.494 e. The van der Waals surface area contributed by atoms with Crippen LogP contribution in [0.25, 0.3) is 33.4 Å². The Morgan fingerprint density at radius 1 is 0.462 bits per heavy atom. The molecule has 1 aliphatic rings. The number of para-hydroxylation sites is 1. The average Bonchev–Trinajstić information content (AvgIpc) is 3.35. The minimum absolute atomic E-state index is 0.0129. The van der Waals surface area contributed by atoms with Gasteiger partial charge in [0.1, 0.15) is 28.7 Å². The zero-order valence-corrected chi connectivity index (χ0v) is 37.8. The zero-order valence-electron chi connectivity index (χ0n) is 36.9. The molecule has 1 aliphatic heterocycles. The quantitative estimate of drug-likeness (QED) is 0.0343. The lowest BCUT2D eigenvalue weighted by Crippen LogP contribution is -2.27. The van der Waals surface area contributed by atoms with Gasteiger partial charge in [-0.15, -0.1) is 0 Å². The second-order valence-electron chi connectivity index (χ2n) is 16.1. The van der Waals surface area contributed by atoms with E-state index in [1.807, 2.05) is 103 Å². The molecule has 0 saturated heterocycles. The first-order valence-corrected chi connectivity index (χ1v) is 24.2. The Morgan fingerprint density at radius 2 is 0.923 bits per heavy atom. The van der Waals surface area contributed by atoms with Gasteiger partial charge in [0, 0.05) is 5.56 Å². The van der Waals surface area contributed by atoms with Crippen LogP contribution >= 0.6 is 7.37 Å². The van der Waals surface area contributed by atoms with Gasteiger partial charge in [-0.3, -0.25) is 4.57 Å². The van der Waals surface area contributed by atoms with Gasteiger partial charge in [0.15, 0.2) is 0 Å². The van der Waals surface area contributed by atoms with Gasteiger partial charge in [-0.25, -0.2) is 9.59 Å². The second kappa shape index (κ2) is 21.2. The van der Waals surface area contributed by atoms with Crippen LogP contribution in [0, 0.1) is 0 Å². The summed E-state index contributed by atoms with van der Waals surface area (Å²) < 4.78 is 45.7. The molecule has 0 fully saturated rings. The van der Waals surface area contributed by atoms with E-state index in [0.717, 1.165) is 70.6 Å². The van der Waals surface area contributed by atoms with Crippen LogP contribution in [0.5, 0.6) is 28.7 Å². The van der Waals surface area contributed by atoms with Crippen LogP contribution in [0.4, 0.5) is 0 Å². The fourth-order valence-electron chi connectivity index (χ4n) is 7.82. The molecule has 9 heteroatoms. The molecule has 0 radical (unpaired) electrons. The van der Waals surface area contributed by atoms with Crippen LogP contribution < -0.4 is 34.1 Å². The van der Waals surface area contributed by atoms with E-state index < -0.39 is 19.3 Å². The molecule has 0 spiro atoms. The highest BCUT2D eigenvalue weighted by Crippen LogP contribution is 2.55. The SMILES string of the molecule is CCCCCCOc1ccc(-c2ccc(C(=O)Oc3ccc(OC(=O)c4ccc(-c5ccc(OCCCCCC)cc5)cc4)c(P4(=O)Oc5ccccc5-c5ccccc54)c3)cc2)cc1. The summed E-state index contributed by atoms with van der Waals surface area (Å²) in [6.45, 7) is 5.76. The van der Waals surface area contributed by atoms with Gasteiger partial charge >= 0.3 is 19.3 Å². The standard InChI is InChI=1S/C56H53O8P/c1-3-5-7-13-37-60-46-31-27-42(28-32-46)40-19-23-44(24-20-40)55(57)62-48-35-36-52(54(39-48)65(59)53-18-12-10-16-50(53)49-15-9-11-17-51(49)64-65)63-56(58)45-25-21-41(22-26-45)43-29-33-47(34-30-43)61-38-14-8-6-4-2/h9-12,15-36,39H,3-8,13-14,37-38H2,1-2H3. The molecule has 8 rings (SSSR count). The Hall–Kier alpha value is -6.89. The number of benzene rings is 7. The molecule has 7 aromatic carbocycles. The highest BCUT2D eigenvalue weighted by Gasteiger charge is 2.41. The summed E-state index contributed by atoms with van der Waals surface area (Å²) >= 11 is 0. The normalized spacial score (nSPS) is 13.8. The van der Waals surface area contributed by atoms with Crippen LogP contribution in [0.15, 0.2) is 164 Å². The summed E-state index contributed by atoms with van der Waals surface area (Å²) in [4.78, 5) is 27.5. The minimum Gasteiger partial charge on any atom is -0.494 e. The molecule has 330 valence electrons. The van der Waals surface area contributed by atoms with E-state index in [9.17, 15) is 9.59 Å². The number of ether oxygens (including phenoxy) is 4. The minimum atomic E-state index is -4.02. The monoisotopic (exact) mass is 884 g/mol. The molecular weight excluding hydrogens is 832 g/mol. The Bertz CT molecular complexity index is 2760. The molecule has 0 aliphatic carbocycles. The van der Waals surface area contributed by atoms with Crippen molar-refractivity contribution in [2.24, 2.45) is 0 Å². The highest BCUT2D eigenvalue weighted by molar-refractivity contribution is 7.75. The van der Waals surface area contributed by atoms with Crippen LogP contribution in [0.1, 0.15) is 85.9 Å². The lowest BCUT2D eigenvalue weighted by Gasteiger charge is -2.29. The molecule has 0 saturated carbocycles. The van der Waals surface area contributed by atoms with Gasteiger partial charge in [0.2, 0.25) is 0 Å². The third-order valence-corrected chi connectivity index (χ3v) is 13.9. The van der Waals surface area contributed by atoms with Crippen molar-refractivity contribution in [2.75, 3.05) is 13.2 Å². The Labute approximate surface area is 381 Å². The van der Waals surface area contributed by atoms with Crippen LogP contribution in [-0.2, 0) is 4.57 Å². The Balaban J connectivity index is 1.01. The van der Waals surface area contributed by atoms with Crippen molar-refractivity contribution >= 4 is 29.9 Å². The molecule has 1 heterocycles. The van der Waals surface area contributed by atoms with E-state index in [-0.39, 0.29) is 16.8 Å². The maximum absolute atomic E-state index is 15.5. The van der Waals surface area contributed by atoms with Gasteiger partial charge in [0.25, 0.3) is 0 Å². The van der Waals surface area contributed by atoms with Crippen molar-refractivity contribution in [3.8, 4) is 62.1 Å². The molecule has 0 aromatic heterocycles. The van der Waals surface area contributed by atoms with Crippen molar-refractivity contribution in [3.05, 3.63) is 175 Å². The van der Waals surface area contributed by atoms with Gasteiger partial charge in [-0.1, -0.05) is 137 Å². The summed E-state index contributed by atoms with van der Waals surface area (Å²) in [5, 5.41) is 0.505. The molecule has 1 unspecified atom stereocenters. The Morgan fingerprint density at radius 3 is 1.46 bits per heavy atom. The van der Waals surface area contributed by atoms with Crippen molar-refractivity contribution < 1.29 is 37.6 Å². The lowest BCUT2D eigenvalue weighted by molar-refractivity contribution is 0.0720. The summed E-state index contributed by atoms with van der Waals surface area (Å²) in [5.74, 6) is 0.907. The van der Waals surface area contributed by atoms with Crippen molar-refractivity contribution in [2.45, 2.75) is 65.2 Å². The van der Waals surface area contributed by atoms with Gasteiger partial charge in [-0.05, 0) is 120 Å². The molecule has 1 atom stereocenters. The number of hydrogen-bond donors (Lipinski definition) is 0. The fourth-order valence-corrected chi connectivity index (χ4v) is 10.2. The zero-order chi connectivity index (χ0) is 45.0. The van der Waals surface area contributed by atoms with Crippen molar-refractivity contribution in [3.63, 3.8) is 0 Å². The number of carbonyl (C=O) groups excluding carboxylic acids is 2. The molecule has 0 amide bonds. The number of fused-ring (bicyclic) bond motifs is 3. The third kappa shape index (κ3) is 10.7. The number of unbranched alkanes of at least 4 members (excludes halogenated alkanes) is 6. The first-order chi connectivity index (χ1) is 31.8. The third-order valence-electron chi connectivity index (χ3n) is 11.4. The first kappa shape index (κ1) is 44.7. The van der Waals surface area contributed by atoms with E-state index in [2.05, 4.69) is 13.8 Å². The smallest absolute Gasteiger partial charge is 0.343 e. The molecule has 8 nitrogen and oxygen atoms in total. The molecule has 0 bridgehead atoms. The van der Waals surface area contributed by atoms with E-state index in [1.165, 1.54) is 43.9 Å². The maximum Gasteiger partial charge on any atom is 0.343 e. The number of carbonyl (C=O) groups is 2. The maximum atomic E-state index is 15.5. The molecule has 0 N–H and O–H groups in total. The number of hydrogen-bond acceptors (Lipinski definition) is 8. The molecular formula is C56H53O8P. The van der Waals surface area contributed by atoms with Gasteiger partial charge in [0.05, 0.1) is 34.9 Å². The summed E-state index contributed by atoms with van der Waals surface area (Å²) in [6.07, 6.45) is 9.17. The predicted octanol–water partition coefficient (Wildman–Crippen LogP) is 13.7. The van der Waals surface area contributed by atoms with E-state index in [1.54, 1.807) is 42.5 Å². The highest BCUT2D eigenvalue weighted by atomic mass is 31.2. The summed E-state index contributed by atoms with van der Waals surface area (Å²) in [7, 11) is -4.02. The molecule has 7 aromatic rings. The summed E-state index contributed by atoms with van der Waals surface area (Å²) in [5.41, 5.74) is 5.93. The van der Waals surface area contributed by atoms with Gasteiger partial charge in [-0.2, -0.15) is 0 Å². The predicted molar refractivity (Wildman–Crippen MR) is 259 cm³/mol. The van der Waals surface area contributed by atoms with Crippen LogP contribution in [-0.4, -0.2) is 25.2 Å². The van der Waals surface area contributed by atoms with Crippen LogP contribution in [0.2, 0.25) is 0 Å². The van der Waals surface area contributed by atoms with Crippen molar-refractivity contribution in [1.29, 1.82) is 0 Å². The molecule has 65 heavy (non-hydrogen) atoms.